The van der Waals surface area contributed by atoms with E-state index in [-0.39, 0.29) is 5.91 Å². The predicted molar refractivity (Wildman–Crippen MR) is 88.7 cm³/mol. The first-order valence-corrected chi connectivity index (χ1v) is 7.95. The summed E-state index contributed by atoms with van der Waals surface area (Å²) < 4.78 is 1.04. The van der Waals surface area contributed by atoms with E-state index in [2.05, 4.69) is 22.0 Å². The Balaban J connectivity index is 1.97. The lowest BCUT2D eigenvalue weighted by Crippen LogP contribution is -2.24. The van der Waals surface area contributed by atoms with E-state index in [9.17, 15) is 4.79 Å². The van der Waals surface area contributed by atoms with Crippen LogP contribution in [0.15, 0.2) is 46.3 Å². The lowest BCUT2D eigenvalue weighted by Gasteiger charge is -2.15. The Bertz CT molecular complexity index is 616. The van der Waals surface area contributed by atoms with Crippen molar-refractivity contribution in [2.45, 2.75) is 13.5 Å². The van der Waals surface area contributed by atoms with Crippen LogP contribution in [0, 0.1) is 6.92 Å². The van der Waals surface area contributed by atoms with Crippen molar-refractivity contribution >= 4 is 39.2 Å². The third-order valence-corrected chi connectivity index (χ3v) is 4.50. The number of aryl methyl sites for hydroxylation is 1. The summed E-state index contributed by atoms with van der Waals surface area (Å²) in [6.07, 6.45) is 3.53. The molecular weight excluding hydrogens is 334 g/mol. The fourth-order valence-electron chi connectivity index (χ4n) is 1.77. The van der Waals surface area contributed by atoms with Crippen molar-refractivity contribution in [3.05, 3.63) is 62.3 Å². The molecule has 0 radical (unpaired) electrons. The van der Waals surface area contributed by atoms with Crippen molar-refractivity contribution in [3.8, 4) is 0 Å². The van der Waals surface area contributed by atoms with Gasteiger partial charge in [0, 0.05) is 29.0 Å². The highest BCUT2D eigenvalue weighted by Gasteiger charge is 2.06. The number of rotatable bonds is 4. The van der Waals surface area contributed by atoms with Crippen LogP contribution in [0.4, 0.5) is 0 Å². The topological polar surface area (TPSA) is 20.3 Å². The number of halogens is 1. The fourth-order valence-corrected chi connectivity index (χ4v) is 2.85. The predicted octanol–water partition coefficient (Wildman–Crippen LogP) is 4.49. The van der Waals surface area contributed by atoms with Crippen LogP contribution in [-0.2, 0) is 11.3 Å². The zero-order valence-electron chi connectivity index (χ0n) is 11.5. The molecule has 0 aliphatic carbocycles. The summed E-state index contributed by atoms with van der Waals surface area (Å²) in [7, 11) is 1.82. The summed E-state index contributed by atoms with van der Waals surface area (Å²) in [6.45, 7) is 2.66. The molecule has 2 rings (SSSR count). The Morgan fingerprint density at radius 3 is 2.60 bits per heavy atom. The van der Waals surface area contributed by atoms with Gasteiger partial charge in [-0.3, -0.25) is 4.79 Å². The van der Waals surface area contributed by atoms with Gasteiger partial charge in [-0.2, -0.15) is 0 Å². The fraction of sp³-hybridized carbons (Fsp3) is 0.188. The van der Waals surface area contributed by atoms with Gasteiger partial charge in [-0.25, -0.2) is 0 Å². The summed E-state index contributed by atoms with van der Waals surface area (Å²) >= 11 is 5.05. The van der Waals surface area contributed by atoms with Gasteiger partial charge >= 0.3 is 0 Å². The highest BCUT2D eigenvalue weighted by atomic mass is 79.9. The van der Waals surface area contributed by atoms with Crippen molar-refractivity contribution < 1.29 is 4.79 Å². The maximum absolute atomic E-state index is 12.1. The van der Waals surface area contributed by atoms with E-state index in [0.29, 0.717) is 6.54 Å². The molecule has 2 aromatic rings. The van der Waals surface area contributed by atoms with Gasteiger partial charge in [0.25, 0.3) is 0 Å². The average molecular weight is 350 g/mol. The highest BCUT2D eigenvalue weighted by Crippen LogP contribution is 2.17. The molecule has 0 saturated carbocycles. The quantitative estimate of drug-likeness (QED) is 0.744. The normalized spacial score (nSPS) is 10.9. The monoisotopic (exact) mass is 349 g/mol. The second-order valence-electron chi connectivity index (χ2n) is 4.62. The number of thiophene rings is 1. The maximum atomic E-state index is 12.1. The Kier molecular flexibility index (Phi) is 5.15. The summed E-state index contributed by atoms with van der Waals surface area (Å²) in [4.78, 5) is 14.9. The van der Waals surface area contributed by atoms with Crippen LogP contribution >= 0.6 is 27.3 Å². The minimum atomic E-state index is 0.0146. The summed E-state index contributed by atoms with van der Waals surface area (Å²) in [5.41, 5.74) is 2.32. The standard InChI is InChI=1S/C16H16BrNOS/c1-12-9-10-20-15(12)7-8-16(19)18(2)11-13-3-5-14(17)6-4-13/h3-10H,11H2,1-2H3/b8-7+. The molecule has 20 heavy (non-hydrogen) atoms. The van der Waals surface area contributed by atoms with Crippen molar-refractivity contribution in [1.29, 1.82) is 0 Å². The number of benzene rings is 1. The zero-order valence-corrected chi connectivity index (χ0v) is 13.9. The average Bonchev–Trinajstić information content (AvgIpc) is 2.84. The minimum Gasteiger partial charge on any atom is -0.338 e. The van der Waals surface area contributed by atoms with Crippen molar-refractivity contribution in [1.82, 2.24) is 4.90 Å². The third-order valence-electron chi connectivity index (χ3n) is 2.99. The minimum absolute atomic E-state index is 0.0146. The number of hydrogen-bond acceptors (Lipinski definition) is 2. The highest BCUT2D eigenvalue weighted by molar-refractivity contribution is 9.10. The van der Waals surface area contributed by atoms with Crippen LogP contribution in [-0.4, -0.2) is 17.9 Å². The SMILES string of the molecule is Cc1ccsc1/C=C/C(=O)N(C)Cc1ccc(Br)cc1. The summed E-state index contributed by atoms with van der Waals surface area (Å²) in [5.74, 6) is 0.0146. The van der Waals surface area contributed by atoms with Crippen LogP contribution in [0.1, 0.15) is 16.0 Å². The molecule has 0 N–H and O–H groups in total. The first-order chi connectivity index (χ1) is 9.56. The smallest absolute Gasteiger partial charge is 0.246 e. The number of amides is 1. The van der Waals surface area contributed by atoms with Crippen molar-refractivity contribution in [3.63, 3.8) is 0 Å². The molecule has 4 heteroatoms. The molecule has 0 bridgehead atoms. The molecule has 0 fully saturated rings. The van der Waals surface area contributed by atoms with Gasteiger partial charge in [-0.1, -0.05) is 28.1 Å². The molecule has 1 aromatic heterocycles. The number of likely N-dealkylation sites (N-methyl/N-ethyl adjacent to an activating group) is 1. The van der Waals surface area contributed by atoms with Gasteiger partial charge in [0.2, 0.25) is 5.91 Å². The Labute approximate surface area is 131 Å². The molecule has 1 aromatic carbocycles. The largest absolute Gasteiger partial charge is 0.338 e. The van der Waals surface area contributed by atoms with Crippen molar-refractivity contribution in [2.75, 3.05) is 7.05 Å². The Hall–Kier alpha value is -1.39. The molecule has 0 unspecified atom stereocenters. The number of carbonyl (C=O) groups is 1. The molecule has 0 aliphatic heterocycles. The molecule has 2 nitrogen and oxygen atoms in total. The van der Waals surface area contributed by atoms with Gasteiger partial charge < -0.3 is 4.90 Å². The van der Waals surface area contributed by atoms with E-state index < -0.39 is 0 Å². The molecule has 1 amide bonds. The molecule has 0 saturated heterocycles. The zero-order chi connectivity index (χ0) is 14.5. The van der Waals surface area contributed by atoms with Gasteiger partial charge in [-0.15, -0.1) is 11.3 Å². The number of carbonyl (C=O) groups excluding carboxylic acids is 1. The molecule has 104 valence electrons. The van der Waals surface area contributed by atoms with Crippen LogP contribution in [0.3, 0.4) is 0 Å². The van der Waals surface area contributed by atoms with E-state index in [1.54, 1.807) is 22.3 Å². The van der Waals surface area contributed by atoms with Crippen LogP contribution < -0.4 is 0 Å². The number of hydrogen-bond donors (Lipinski definition) is 0. The van der Waals surface area contributed by atoms with Crippen LogP contribution in [0.2, 0.25) is 0 Å². The van der Waals surface area contributed by atoms with Gasteiger partial charge in [0.1, 0.15) is 0 Å². The molecule has 0 atom stereocenters. The second-order valence-corrected chi connectivity index (χ2v) is 6.49. The molecular formula is C16H16BrNOS. The first-order valence-electron chi connectivity index (χ1n) is 6.28. The molecule has 0 aliphatic rings. The van der Waals surface area contributed by atoms with Gasteiger partial charge in [-0.05, 0) is 47.7 Å². The maximum Gasteiger partial charge on any atom is 0.246 e. The summed E-state index contributed by atoms with van der Waals surface area (Å²) in [5, 5.41) is 2.03. The first kappa shape index (κ1) is 15.0. The Morgan fingerprint density at radius 2 is 2.00 bits per heavy atom. The van der Waals surface area contributed by atoms with E-state index >= 15 is 0 Å². The third kappa shape index (κ3) is 4.05. The molecule has 0 spiro atoms. The second kappa shape index (κ2) is 6.86. The van der Waals surface area contributed by atoms with Crippen LogP contribution in [0.5, 0.6) is 0 Å². The van der Waals surface area contributed by atoms with Gasteiger partial charge in [0.15, 0.2) is 0 Å². The lowest BCUT2D eigenvalue weighted by atomic mass is 10.2. The van der Waals surface area contributed by atoms with E-state index in [4.69, 9.17) is 0 Å². The number of nitrogens with zero attached hydrogens (tertiary/aromatic N) is 1. The van der Waals surface area contributed by atoms with Gasteiger partial charge in [0.05, 0.1) is 0 Å². The van der Waals surface area contributed by atoms with E-state index in [1.165, 1.54) is 5.56 Å². The molecule has 1 heterocycles. The Morgan fingerprint density at radius 1 is 1.30 bits per heavy atom. The van der Waals surface area contributed by atoms with Crippen molar-refractivity contribution in [2.24, 2.45) is 0 Å². The van der Waals surface area contributed by atoms with E-state index in [0.717, 1.165) is 14.9 Å². The van der Waals surface area contributed by atoms with Crippen LogP contribution in [0.25, 0.3) is 6.08 Å². The van der Waals surface area contributed by atoms with E-state index in [1.807, 2.05) is 49.7 Å². The summed E-state index contributed by atoms with van der Waals surface area (Å²) in [6, 6.07) is 10.1. The lowest BCUT2D eigenvalue weighted by molar-refractivity contribution is -0.125.